The topological polar surface area (TPSA) is 69.0 Å². The summed E-state index contributed by atoms with van der Waals surface area (Å²) < 4.78 is 17.4. The fraction of sp³-hybridized carbons (Fsp3) is 0.273. The Labute approximate surface area is 176 Å². The Bertz CT molecular complexity index is 1140. The summed E-state index contributed by atoms with van der Waals surface area (Å²) in [5.41, 5.74) is 1.29. The van der Waals surface area contributed by atoms with Crippen LogP contribution in [0.2, 0.25) is 0 Å². The van der Waals surface area contributed by atoms with Crippen LogP contribution in [0.1, 0.15) is 34.1 Å². The number of amides is 1. The van der Waals surface area contributed by atoms with Crippen molar-refractivity contribution in [1.82, 2.24) is 4.90 Å². The van der Waals surface area contributed by atoms with Crippen molar-refractivity contribution < 1.29 is 18.7 Å². The minimum atomic E-state index is -0.595. The van der Waals surface area contributed by atoms with Crippen molar-refractivity contribution in [2.45, 2.75) is 12.5 Å². The number of rotatable bonds is 6. The van der Waals surface area contributed by atoms with E-state index in [9.17, 15) is 9.59 Å². The number of fused-ring (bicyclic) bond motifs is 2. The second-order valence-electron chi connectivity index (χ2n) is 6.80. The van der Waals surface area contributed by atoms with Crippen LogP contribution in [-0.2, 0) is 4.74 Å². The normalized spacial score (nSPS) is 15.8. The smallest absolute Gasteiger partial charge is 0.290 e. The molecular formula is C22H20BrNO5. The van der Waals surface area contributed by atoms with Gasteiger partial charge in [-0.1, -0.05) is 28.1 Å². The van der Waals surface area contributed by atoms with Gasteiger partial charge in [-0.3, -0.25) is 9.59 Å². The summed E-state index contributed by atoms with van der Waals surface area (Å²) in [6, 6.07) is 11.9. The Balaban J connectivity index is 1.96. The Morgan fingerprint density at radius 3 is 2.69 bits per heavy atom. The van der Waals surface area contributed by atoms with Gasteiger partial charge in [0, 0.05) is 30.3 Å². The number of halogens is 1. The fourth-order valence-electron chi connectivity index (χ4n) is 3.82. The van der Waals surface area contributed by atoms with Crippen molar-refractivity contribution in [3.8, 4) is 5.75 Å². The van der Waals surface area contributed by atoms with Crippen molar-refractivity contribution in [2.24, 2.45) is 0 Å². The molecule has 0 radical (unpaired) electrons. The molecule has 4 rings (SSSR count). The average molecular weight is 458 g/mol. The Hall–Kier alpha value is -2.64. The molecule has 29 heavy (non-hydrogen) atoms. The Morgan fingerprint density at radius 2 is 1.93 bits per heavy atom. The van der Waals surface area contributed by atoms with Gasteiger partial charge in [0.25, 0.3) is 5.91 Å². The number of hydrogen-bond donors (Lipinski definition) is 0. The molecule has 1 aliphatic heterocycles. The van der Waals surface area contributed by atoms with Gasteiger partial charge in [0.05, 0.1) is 24.1 Å². The number of carbonyl (C=O) groups excluding carboxylic acids is 1. The third-order valence-electron chi connectivity index (χ3n) is 5.11. The van der Waals surface area contributed by atoms with E-state index in [1.807, 2.05) is 18.2 Å². The Morgan fingerprint density at radius 1 is 1.14 bits per heavy atom. The van der Waals surface area contributed by atoms with Crippen LogP contribution in [0, 0.1) is 0 Å². The number of hydrogen-bond acceptors (Lipinski definition) is 5. The predicted molar refractivity (Wildman–Crippen MR) is 113 cm³/mol. The Kier molecular flexibility index (Phi) is 5.43. The largest absolute Gasteiger partial charge is 0.496 e. The maximum Gasteiger partial charge on any atom is 0.290 e. The van der Waals surface area contributed by atoms with Gasteiger partial charge in [0.15, 0.2) is 5.43 Å². The van der Waals surface area contributed by atoms with Crippen molar-refractivity contribution in [2.75, 3.05) is 27.4 Å². The lowest BCUT2D eigenvalue weighted by atomic mass is 9.97. The minimum Gasteiger partial charge on any atom is -0.496 e. The molecule has 0 bridgehead atoms. The van der Waals surface area contributed by atoms with Gasteiger partial charge in [-0.25, -0.2) is 0 Å². The van der Waals surface area contributed by atoms with E-state index in [1.165, 1.54) is 0 Å². The summed E-state index contributed by atoms with van der Waals surface area (Å²) in [7, 11) is 3.19. The minimum absolute atomic E-state index is 0.0955. The van der Waals surface area contributed by atoms with E-state index in [1.54, 1.807) is 43.4 Å². The molecule has 0 fully saturated rings. The molecule has 3 aromatic rings. The molecule has 0 saturated carbocycles. The number of benzene rings is 2. The first kappa shape index (κ1) is 19.7. The summed E-state index contributed by atoms with van der Waals surface area (Å²) >= 11 is 3.49. The SMILES string of the molecule is COCCCN1C(=O)c2oc3ccccc3c(=O)c2C1c1cc(Br)ccc1OC. The maximum absolute atomic E-state index is 13.4. The second kappa shape index (κ2) is 8.00. The highest BCUT2D eigenvalue weighted by Gasteiger charge is 2.43. The third kappa shape index (κ3) is 3.34. The molecule has 1 amide bonds. The van der Waals surface area contributed by atoms with Crippen LogP contribution in [0.15, 0.2) is 56.1 Å². The van der Waals surface area contributed by atoms with E-state index in [0.717, 1.165) is 10.0 Å². The van der Waals surface area contributed by atoms with Gasteiger partial charge in [-0.15, -0.1) is 0 Å². The van der Waals surface area contributed by atoms with Crippen LogP contribution >= 0.6 is 15.9 Å². The summed E-state index contributed by atoms with van der Waals surface area (Å²) in [5.74, 6) is 0.396. The predicted octanol–water partition coefficient (Wildman–Crippen LogP) is 4.15. The molecule has 7 heteroatoms. The molecule has 1 atom stereocenters. The lowest BCUT2D eigenvalue weighted by Gasteiger charge is -2.26. The first-order valence-corrected chi connectivity index (χ1v) is 10.0. The standard InChI is InChI=1S/C22H20BrNO5/c1-27-11-5-10-24-19(15-12-13(23)8-9-16(15)28-2)18-20(25)14-6-3-4-7-17(14)29-21(18)22(24)26/h3-4,6-9,12,19H,5,10-11H2,1-2H3. The van der Waals surface area contributed by atoms with Gasteiger partial charge < -0.3 is 18.8 Å². The maximum atomic E-state index is 13.4. The van der Waals surface area contributed by atoms with Gasteiger partial charge in [-0.2, -0.15) is 0 Å². The molecule has 0 spiro atoms. The van der Waals surface area contributed by atoms with E-state index < -0.39 is 6.04 Å². The number of para-hydroxylation sites is 1. The van der Waals surface area contributed by atoms with Crippen molar-refractivity contribution >= 4 is 32.8 Å². The fourth-order valence-corrected chi connectivity index (χ4v) is 4.20. The zero-order chi connectivity index (χ0) is 20.5. The first-order valence-electron chi connectivity index (χ1n) is 9.26. The third-order valence-corrected chi connectivity index (χ3v) is 5.60. The lowest BCUT2D eigenvalue weighted by Crippen LogP contribution is -2.31. The van der Waals surface area contributed by atoms with E-state index >= 15 is 0 Å². The second-order valence-corrected chi connectivity index (χ2v) is 7.72. The zero-order valence-corrected chi connectivity index (χ0v) is 17.7. The van der Waals surface area contributed by atoms with Crippen LogP contribution in [0.25, 0.3) is 11.0 Å². The molecular weight excluding hydrogens is 438 g/mol. The highest BCUT2D eigenvalue weighted by molar-refractivity contribution is 9.10. The number of ether oxygens (including phenoxy) is 2. The zero-order valence-electron chi connectivity index (χ0n) is 16.1. The van der Waals surface area contributed by atoms with Gasteiger partial charge in [-0.05, 0) is 36.8 Å². The summed E-state index contributed by atoms with van der Waals surface area (Å²) in [5, 5.41) is 0.455. The average Bonchev–Trinajstić information content (AvgIpc) is 3.00. The van der Waals surface area contributed by atoms with E-state index in [4.69, 9.17) is 13.9 Å². The molecule has 1 aliphatic rings. The van der Waals surface area contributed by atoms with Gasteiger partial charge >= 0.3 is 0 Å². The highest BCUT2D eigenvalue weighted by Crippen LogP contribution is 2.42. The van der Waals surface area contributed by atoms with Gasteiger partial charge in [0.1, 0.15) is 11.3 Å². The molecule has 0 saturated heterocycles. The van der Waals surface area contributed by atoms with E-state index in [2.05, 4.69) is 15.9 Å². The monoisotopic (exact) mass is 457 g/mol. The molecule has 1 unspecified atom stereocenters. The number of carbonyl (C=O) groups is 1. The van der Waals surface area contributed by atoms with Gasteiger partial charge in [0.2, 0.25) is 5.76 Å². The number of nitrogens with zero attached hydrogens (tertiary/aromatic N) is 1. The van der Waals surface area contributed by atoms with Crippen LogP contribution < -0.4 is 10.2 Å². The summed E-state index contributed by atoms with van der Waals surface area (Å²) in [6.07, 6.45) is 0.636. The van der Waals surface area contributed by atoms with Crippen LogP contribution in [-0.4, -0.2) is 38.2 Å². The van der Waals surface area contributed by atoms with E-state index in [0.29, 0.717) is 41.9 Å². The quantitative estimate of drug-likeness (QED) is 0.520. The molecule has 150 valence electrons. The van der Waals surface area contributed by atoms with E-state index in [-0.39, 0.29) is 17.1 Å². The van der Waals surface area contributed by atoms with Crippen molar-refractivity contribution in [3.05, 3.63) is 74.0 Å². The summed E-state index contributed by atoms with van der Waals surface area (Å²) in [6.45, 7) is 0.929. The van der Waals surface area contributed by atoms with Crippen LogP contribution in [0.3, 0.4) is 0 Å². The highest BCUT2D eigenvalue weighted by atomic mass is 79.9. The molecule has 6 nitrogen and oxygen atoms in total. The number of methoxy groups -OCH3 is 2. The van der Waals surface area contributed by atoms with Crippen LogP contribution in [0.5, 0.6) is 5.75 Å². The van der Waals surface area contributed by atoms with Crippen molar-refractivity contribution in [1.29, 1.82) is 0 Å². The van der Waals surface area contributed by atoms with Crippen LogP contribution in [0.4, 0.5) is 0 Å². The van der Waals surface area contributed by atoms with Crippen molar-refractivity contribution in [3.63, 3.8) is 0 Å². The molecule has 1 aromatic heterocycles. The molecule has 2 aromatic carbocycles. The first-order chi connectivity index (χ1) is 14.1. The molecule has 0 N–H and O–H groups in total. The molecule has 2 heterocycles. The summed E-state index contributed by atoms with van der Waals surface area (Å²) in [4.78, 5) is 28.3. The molecule has 0 aliphatic carbocycles. The lowest BCUT2D eigenvalue weighted by molar-refractivity contribution is 0.0706.